The van der Waals surface area contributed by atoms with Crippen molar-refractivity contribution in [2.75, 3.05) is 11.4 Å². The van der Waals surface area contributed by atoms with E-state index in [9.17, 15) is 22.8 Å². The second-order valence-electron chi connectivity index (χ2n) is 7.64. The van der Waals surface area contributed by atoms with E-state index in [1.807, 2.05) is 6.92 Å². The Morgan fingerprint density at radius 3 is 2.33 bits per heavy atom. The molecule has 2 unspecified atom stereocenters. The largest absolute Gasteiger partial charge is 0.443 e. The summed E-state index contributed by atoms with van der Waals surface area (Å²) in [4.78, 5) is 25.4. The molecule has 1 heterocycles. The van der Waals surface area contributed by atoms with Gasteiger partial charge in [0, 0.05) is 25.4 Å². The molecule has 0 aromatic heterocycles. The zero-order chi connectivity index (χ0) is 20.6. The molecule has 2 atom stereocenters. The Hall–Kier alpha value is -2.25. The van der Waals surface area contributed by atoms with E-state index < -0.39 is 29.5 Å². The number of benzene rings is 1. The van der Waals surface area contributed by atoms with Crippen LogP contribution in [0.25, 0.3) is 0 Å². The Morgan fingerprint density at radius 1 is 1.22 bits per heavy atom. The van der Waals surface area contributed by atoms with Crippen molar-refractivity contribution in [3.05, 3.63) is 29.3 Å². The lowest BCUT2D eigenvalue weighted by Crippen LogP contribution is -2.44. The normalized spacial score (nSPS) is 19.6. The molecule has 1 aromatic carbocycles. The van der Waals surface area contributed by atoms with Gasteiger partial charge in [0.2, 0.25) is 5.91 Å². The van der Waals surface area contributed by atoms with E-state index in [2.05, 4.69) is 5.32 Å². The van der Waals surface area contributed by atoms with Gasteiger partial charge in [-0.3, -0.25) is 9.69 Å². The van der Waals surface area contributed by atoms with E-state index in [1.165, 1.54) is 17.9 Å². The molecule has 1 aliphatic heterocycles. The van der Waals surface area contributed by atoms with Crippen LogP contribution in [-0.4, -0.2) is 30.2 Å². The van der Waals surface area contributed by atoms with Crippen molar-refractivity contribution in [1.29, 1.82) is 0 Å². The SMILES string of the molecule is CCC1C(CNC(C)=O)c2ccc(C(F)(F)F)cc2N1C(=O)OC(C)(C)C. The fourth-order valence-electron chi connectivity index (χ4n) is 3.32. The fraction of sp³-hybridized carbons (Fsp3) is 0.579. The summed E-state index contributed by atoms with van der Waals surface area (Å²) in [5, 5.41) is 2.71. The molecule has 0 radical (unpaired) electrons. The number of alkyl halides is 3. The summed E-state index contributed by atoms with van der Waals surface area (Å²) in [7, 11) is 0. The average molecular weight is 386 g/mol. The highest BCUT2D eigenvalue weighted by Crippen LogP contribution is 2.45. The highest BCUT2D eigenvalue weighted by molar-refractivity contribution is 5.92. The number of anilines is 1. The van der Waals surface area contributed by atoms with Crippen LogP contribution in [0, 0.1) is 0 Å². The Morgan fingerprint density at radius 2 is 1.85 bits per heavy atom. The molecule has 0 bridgehead atoms. The standard InChI is InChI=1S/C19H25F3N2O3/c1-6-15-14(10-23-11(2)25)13-8-7-12(19(20,21)22)9-16(13)24(15)17(26)27-18(3,4)5/h7-9,14-15H,6,10H2,1-5H3,(H,23,25). The number of ether oxygens (including phenoxy) is 1. The molecule has 27 heavy (non-hydrogen) atoms. The first-order valence-corrected chi connectivity index (χ1v) is 8.83. The molecular formula is C19H25F3N2O3. The molecule has 0 saturated carbocycles. The van der Waals surface area contributed by atoms with Crippen LogP contribution in [0.3, 0.4) is 0 Å². The van der Waals surface area contributed by atoms with E-state index in [0.29, 0.717) is 12.0 Å². The number of carbonyl (C=O) groups excluding carboxylic acids is 2. The molecule has 0 saturated heterocycles. The van der Waals surface area contributed by atoms with Crippen molar-refractivity contribution < 1.29 is 27.5 Å². The lowest BCUT2D eigenvalue weighted by Gasteiger charge is -2.30. The van der Waals surface area contributed by atoms with Crippen LogP contribution >= 0.6 is 0 Å². The second-order valence-corrected chi connectivity index (χ2v) is 7.64. The number of carbonyl (C=O) groups is 2. The Kier molecular flexibility index (Phi) is 5.77. The van der Waals surface area contributed by atoms with Crippen LogP contribution in [0.4, 0.5) is 23.7 Å². The smallest absolute Gasteiger partial charge is 0.416 e. The fourth-order valence-corrected chi connectivity index (χ4v) is 3.32. The highest BCUT2D eigenvalue weighted by Gasteiger charge is 2.44. The number of hydrogen-bond donors (Lipinski definition) is 1. The number of nitrogens with one attached hydrogen (secondary N) is 1. The lowest BCUT2D eigenvalue weighted by molar-refractivity contribution is -0.137. The number of rotatable bonds is 3. The van der Waals surface area contributed by atoms with E-state index in [-0.39, 0.29) is 24.1 Å². The van der Waals surface area contributed by atoms with Crippen molar-refractivity contribution in [3.63, 3.8) is 0 Å². The average Bonchev–Trinajstić information content (AvgIpc) is 2.83. The Bertz CT molecular complexity index is 726. The summed E-state index contributed by atoms with van der Waals surface area (Å²) in [6, 6.07) is 2.96. The third-order valence-electron chi connectivity index (χ3n) is 4.39. The molecule has 1 N–H and O–H groups in total. The van der Waals surface area contributed by atoms with Gasteiger partial charge in [0.15, 0.2) is 0 Å². The van der Waals surface area contributed by atoms with Crippen LogP contribution in [0.5, 0.6) is 0 Å². The molecular weight excluding hydrogens is 361 g/mol. The molecule has 0 spiro atoms. The van der Waals surface area contributed by atoms with Crippen LogP contribution in [0.2, 0.25) is 0 Å². The maximum atomic E-state index is 13.2. The van der Waals surface area contributed by atoms with Gasteiger partial charge in [-0.15, -0.1) is 0 Å². The summed E-state index contributed by atoms with van der Waals surface area (Å²) in [6.45, 7) is 8.54. The van der Waals surface area contributed by atoms with Crippen molar-refractivity contribution in [2.45, 2.75) is 64.8 Å². The number of hydrogen-bond acceptors (Lipinski definition) is 3. The molecule has 8 heteroatoms. The molecule has 0 aliphatic carbocycles. The number of halogens is 3. The van der Waals surface area contributed by atoms with Gasteiger partial charge in [0.05, 0.1) is 11.3 Å². The number of fused-ring (bicyclic) bond motifs is 1. The molecule has 5 nitrogen and oxygen atoms in total. The summed E-state index contributed by atoms with van der Waals surface area (Å²) in [5.74, 6) is -0.558. The van der Waals surface area contributed by atoms with Crippen LogP contribution in [0.15, 0.2) is 18.2 Å². The third kappa shape index (κ3) is 4.73. The van der Waals surface area contributed by atoms with Crippen molar-refractivity contribution >= 4 is 17.7 Å². The summed E-state index contributed by atoms with van der Waals surface area (Å²) in [5.41, 5.74) is -0.840. The number of amides is 2. The molecule has 150 valence electrons. The zero-order valence-electron chi connectivity index (χ0n) is 16.1. The predicted molar refractivity (Wildman–Crippen MR) is 95.7 cm³/mol. The quantitative estimate of drug-likeness (QED) is 0.835. The van der Waals surface area contributed by atoms with Gasteiger partial charge in [0.25, 0.3) is 0 Å². The van der Waals surface area contributed by atoms with Gasteiger partial charge in [0.1, 0.15) is 5.60 Å². The summed E-state index contributed by atoms with van der Waals surface area (Å²) >= 11 is 0. The first kappa shape index (κ1) is 21.1. The molecule has 2 amide bonds. The summed E-state index contributed by atoms with van der Waals surface area (Å²) < 4.78 is 45.0. The van der Waals surface area contributed by atoms with Gasteiger partial charge in [-0.2, -0.15) is 13.2 Å². The number of nitrogens with zero attached hydrogens (tertiary/aromatic N) is 1. The van der Waals surface area contributed by atoms with E-state index >= 15 is 0 Å². The minimum atomic E-state index is -4.52. The first-order chi connectivity index (χ1) is 12.3. The highest BCUT2D eigenvalue weighted by atomic mass is 19.4. The van der Waals surface area contributed by atoms with Crippen molar-refractivity contribution in [2.24, 2.45) is 0 Å². The Labute approximate surface area is 156 Å². The topological polar surface area (TPSA) is 58.6 Å². The maximum Gasteiger partial charge on any atom is 0.416 e. The lowest BCUT2D eigenvalue weighted by atomic mass is 9.92. The van der Waals surface area contributed by atoms with Crippen LogP contribution in [-0.2, 0) is 15.7 Å². The minimum absolute atomic E-state index is 0.182. The minimum Gasteiger partial charge on any atom is -0.443 e. The second kappa shape index (κ2) is 7.40. The van der Waals surface area contributed by atoms with Crippen LogP contribution < -0.4 is 10.2 Å². The first-order valence-electron chi connectivity index (χ1n) is 8.83. The molecule has 0 fully saturated rings. The maximum absolute atomic E-state index is 13.2. The predicted octanol–water partition coefficient (Wildman–Crippen LogP) is 4.46. The van der Waals surface area contributed by atoms with Gasteiger partial charge in [-0.05, 0) is 44.9 Å². The van der Waals surface area contributed by atoms with Gasteiger partial charge in [-0.25, -0.2) is 4.79 Å². The monoisotopic (exact) mass is 386 g/mol. The Balaban J connectivity index is 2.52. The molecule has 2 rings (SSSR count). The molecule has 1 aliphatic rings. The van der Waals surface area contributed by atoms with Crippen molar-refractivity contribution in [1.82, 2.24) is 5.32 Å². The van der Waals surface area contributed by atoms with Gasteiger partial charge < -0.3 is 10.1 Å². The van der Waals surface area contributed by atoms with Gasteiger partial charge >= 0.3 is 12.3 Å². The third-order valence-corrected chi connectivity index (χ3v) is 4.39. The van der Waals surface area contributed by atoms with E-state index in [4.69, 9.17) is 4.74 Å². The van der Waals surface area contributed by atoms with Crippen molar-refractivity contribution in [3.8, 4) is 0 Å². The van der Waals surface area contributed by atoms with Gasteiger partial charge in [-0.1, -0.05) is 13.0 Å². The van der Waals surface area contributed by atoms with E-state index in [0.717, 1.165) is 12.1 Å². The zero-order valence-corrected chi connectivity index (χ0v) is 16.1. The van der Waals surface area contributed by atoms with Crippen LogP contribution in [0.1, 0.15) is 58.1 Å². The van der Waals surface area contributed by atoms with E-state index in [1.54, 1.807) is 20.8 Å². The summed E-state index contributed by atoms with van der Waals surface area (Å²) in [6.07, 6.45) is -4.72. The molecule has 1 aromatic rings.